The standard InChI is InChI=1S/C22H18F3N3O2/c1-13-20(14-7-5-4-6-8-14)21-26-16(12-19(22(23,24)25)28(21)27-13)15-9-10-17(29-2)18(11-15)30-3/h4-12H,1-3H3. The Labute approximate surface area is 170 Å². The van der Waals surface area contributed by atoms with Crippen molar-refractivity contribution in [2.24, 2.45) is 0 Å². The van der Waals surface area contributed by atoms with Gasteiger partial charge in [-0.2, -0.15) is 18.3 Å². The van der Waals surface area contributed by atoms with Gasteiger partial charge in [-0.3, -0.25) is 0 Å². The molecule has 8 heteroatoms. The molecule has 0 spiro atoms. The first-order valence-corrected chi connectivity index (χ1v) is 9.09. The highest BCUT2D eigenvalue weighted by Gasteiger charge is 2.36. The lowest BCUT2D eigenvalue weighted by molar-refractivity contribution is -0.142. The summed E-state index contributed by atoms with van der Waals surface area (Å²) in [6, 6.07) is 15.0. The van der Waals surface area contributed by atoms with Gasteiger partial charge in [0.2, 0.25) is 0 Å². The van der Waals surface area contributed by atoms with Crippen molar-refractivity contribution in [3.8, 4) is 33.9 Å². The molecule has 0 atom stereocenters. The molecule has 0 unspecified atom stereocenters. The van der Waals surface area contributed by atoms with Gasteiger partial charge < -0.3 is 9.47 Å². The number of hydrogen-bond acceptors (Lipinski definition) is 4. The predicted molar refractivity (Wildman–Crippen MR) is 107 cm³/mol. The van der Waals surface area contributed by atoms with E-state index >= 15 is 0 Å². The summed E-state index contributed by atoms with van der Waals surface area (Å²) in [6.07, 6.45) is -4.61. The minimum atomic E-state index is -4.61. The molecule has 0 saturated heterocycles. The van der Waals surface area contributed by atoms with Crippen molar-refractivity contribution < 1.29 is 22.6 Å². The molecular weight excluding hydrogens is 395 g/mol. The summed E-state index contributed by atoms with van der Waals surface area (Å²) >= 11 is 0. The zero-order valence-corrected chi connectivity index (χ0v) is 16.5. The summed E-state index contributed by atoms with van der Waals surface area (Å²) in [7, 11) is 2.96. The second-order valence-electron chi connectivity index (χ2n) is 6.66. The SMILES string of the molecule is COc1ccc(-c2cc(C(F)(F)F)n3nc(C)c(-c4ccccc4)c3n2)cc1OC. The highest BCUT2D eigenvalue weighted by Crippen LogP contribution is 2.37. The first-order valence-electron chi connectivity index (χ1n) is 9.09. The summed E-state index contributed by atoms with van der Waals surface area (Å²) < 4.78 is 53.0. The minimum Gasteiger partial charge on any atom is -0.493 e. The first-order chi connectivity index (χ1) is 14.3. The Kier molecular flexibility index (Phi) is 4.85. The smallest absolute Gasteiger partial charge is 0.433 e. The molecule has 0 amide bonds. The van der Waals surface area contributed by atoms with Gasteiger partial charge in [-0.1, -0.05) is 30.3 Å². The normalized spacial score (nSPS) is 11.7. The van der Waals surface area contributed by atoms with Crippen LogP contribution in [-0.2, 0) is 6.18 Å². The summed E-state index contributed by atoms with van der Waals surface area (Å²) in [6.45, 7) is 1.67. The third-order valence-electron chi connectivity index (χ3n) is 4.80. The van der Waals surface area contributed by atoms with E-state index in [0.717, 1.165) is 16.1 Å². The Morgan fingerprint density at radius 2 is 1.57 bits per heavy atom. The average Bonchev–Trinajstić information content (AvgIpc) is 3.07. The lowest BCUT2D eigenvalue weighted by Crippen LogP contribution is -2.13. The van der Waals surface area contributed by atoms with Crippen LogP contribution in [0.2, 0.25) is 0 Å². The molecule has 0 fully saturated rings. The second-order valence-corrected chi connectivity index (χ2v) is 6.66. The van der Waals surface area contributed by atoms with Crippen LogP contribution in [0.15, 0.2) is 54.6 Å². The van der Waals surface area contributed by atoms with E-state index in [1.807, 2.05) is 30.3 Å². The molecule has 0 radical (unpaired) electrons. The molecule has 0 aliphatic carbocycles. The topological polar surface area (TPSA) is 48.7 Å². The van der Waals surface area contributed by atoms with E-state index in [1.165, 1.54) is 14.2 Å². The van der Waals surface area contributed by atoms with E-state index in [1.54, 1.807) is 25.1 Å². The van der Waals surface area contributed by atoms with Gasteiger partial charge in [-0.25, -0.2) is 9.50 Å². The number of halogens is 3. The fourth-order valence-corrected chi connectivity index (χ4v) is 3.41. The molecule has 154 valence electrons. The molecule has 30 heavy (non-hydrogen) atoms. The first kappa shape index (κ1) is 19.8. The Balaban J connectivity index is 2.03. The van der Waals surface area contributed by atoms with Gasteiger partial charge in [-0.15, -0.1) is 0 Å². The van der Waals surface area contributed by atoms with E-state index in [4.69, 9.17) is 9.47 Å². The molecule has 0 bridgehead atoms. The van der Waals surface area contributed by atoms with Crippen molar-refractivity contribution in [1.29, 1.82) is 0 Å². The highest BCUT2D eigenvalue weighted by molar-refractivity contribution is 5.81. The number of aryl methyl sites for hydroxylation is 1. The van der Waals surface area contributed by atoms with E-state index in [0.29, 0.717) is 28.3 Å². The van der Waals surface area contributed by atoms with Crippen LogP contribution < -0.4 is 9.47 Å². The van der Waals surface area contributed by atoms with Crippen molar-refractivity contribution in [3.05, 3.63) is 66.0 Å². The van der Waals surface area contributed by atoms with E-state index in [9.17, 15) is 13.2 Å². The lowest BCUT2D eigenvalue weighted by atomic mass is 10.1. The number of hydrogen-bond donors (Lipinski definition) is 0. The van der Waals surface area contributed by atoms with Crippen LogP contribution in [0, 0.1) is 6.92 Å². The Bertz CT molecular complexity index is 1220. The van der Waals surface area contributed by atoms with Crippen LogP contribution in [-0.4, -0.2) is 28.8 Å². The van der Waals surface area contributed by atoms with Crippen molar-refractivity contribution in [2.45, 2.75) is 13.1 Å². The summed E-state index contributed by atoms with van der Waals surface area (Å²) in [5, 5.41) is 4.14. The van der Waals surface area contributed by atoms with E-state index in [-0.39, 0.29) is 11.3 Å². The van der Waals surface area contributed by atoms with Crippen molar-refractivity contribution in [2.75, 3.05) is 14.2 Å². The highest BCUT2D eigenvalue weighted by atomic mass is 19.4. The number of fused-ring (bicyclic) bond motifs is 1. The molecule has 0 N–H and O–H groups in total. The van der Waals surface area contributed by atoms with Crippen LogP contribution in [0.25, 0.3) is 28.0 Å². The molecule has 0 aliphatic heterocycles. The van der Waals surface area contributed by atoms with Gasteiger partial charge in [0.05, 0.1) is 25.6 Å². The van der Waals surface area contributed by atoms with Crippen molar-refractivity contribution in [1.82, 2.24) is 14.6 Å². The number of aromatic nitrogens is 3. The van der Waals surface area contributed by atoms with Crippen LogP contribution in [0.4, 0.5) is 13.2 Å². The van der Waals surface area contributed by atoms with Crippen LogP contribution in [0.5, 0.6) is 11.5 Å². The fourth-order valence-electron chi connectivity index (χ4n) is 3.41. The number of benzene rings is 2. The fraction of sp³-hybridized carbons (Fsp3) is 0.182. The molecular formula is C22H18F3N3O2. The number of nitrogens with zero attached hydrogens (tertiary/aromatic N) is 3. The maximum absolute atomic E-state index is 13.9. The Morgan fingerprint density at radius 3 is 2.20 bits per heavy atom. The maximum atomic E-state index is 13.9. The Hall–Kier alpha value is -3.55. The van der Waals surface area contributed by atoms with Crippen molar-refractivity contribution in [3.63, 3.8) is 0 Å². The van der Waals surface area contributed by atoms with E-state index in [2.05, 4.69) is 10.1 Å². The number of alkyl halides is 3. The molecule has 4 aromatic rings. The van der Waals surface area contributed by atoms with Crippen LogP contribution in [0.3, 0.4) is 0 Å². The number of ether oxygens (including phenoxy) is 2. The van der Waals surface area contributed by atoms with Gasteiger partial charge in [0.1, 0.15) is 0 Å². The zero-order chi connectivity index (χ0) is 21.5. The molecule has 2 heterocycles. The van der Waals surface area contributed by atoms with E-state index < -0.39 is 11.9 Å². The predicted octanol–water partition coefficient (Wildman–Crippen LogP) is 5.41. The van der Waals surface area contributed by atoms with Gasteiger partial charge in [-0.05, 0) is 36.8 Å². The summed E-state index contributed by atoms with van der Waals surface area (Å²) in [5.74, 6) is 0.877. The zero-order valence-electron chi connectivity index (χ0n) is 16.5. The quantitative estimate of drug-likeness (QED) is 0.449. The molecule has 2 aromatic heterocycles. The summed E-state index contributed by atoms with van der Waals surface area (Å²) in [5.41, 5.74) is 1.63. The van der Waals surface area contributed by atoms with Gasteiger partial charge in [0.15, 0.2) is 22.8 Å². The second kappa shape index (κ2) is 7.37. The molecule has 0 aliphatic rings. The largest absolute Gasteiger partial charge is 0.493 e. The third kappa shape index (κ3) is 3.34. The number of methoxy groups -OCH3 is 2. The molecule has 4 rings (SSSR count). The molecule has 2 aromatic carbocycles. The maximum Gasteiger partial charge on any atom is 0.433 e. The third-order valence-corrected chi connectivity index (χ3v) is 4.80. The Morgan fingerprint density at radius 1 is 0.867 bits per heavy atom. The molecule has 5 nitrogen and oxygen atoms in total. The van der Waals surface area contributed by atoms with Gasteiger partial charge >= 0.3 is 6.18 Å². The van der Waals surface area contributed by atoms with Gasteiger partial charge in [0.25, 0.3) is 0 Å². The van der Waals surface area contributed by atoms with Crippen LogP contribution in [0.1, 0.15) is 11.4 Å². The van der Waals surface area contributed by atoms with Gasteiger partial charge in [0, 0.05) is 11.1 Å². The van der Waals surface area contributed by atoms with Crippen molar-refractivity contribution >= 4 is 5.65 Å². The summed E-state index contributed by atoms with van der Waals surface area (Å²) in [4.78, 5) is 4.55. The lowest BCUT2D eigenvalue weighted by Gasteiger charge is -2.13. The number of rotatable bonds is 4. The molecule has 0 saturated carbocycles. The monoisotopic (exact) mass is 413 g/mol. The van der Waals surface area contributed by atoms with Crippen LogP contribution >= 0.6 is 0 Å². The average molecular weight is 413 g/mol. The minimum absolute atomic E-state index is 0.137.